The van der Waals surface area contributed by atoms with Gasteiger partial charge >= 0.3 is 0 Å². The lowest BCUT2D eigenvalue weighted by Gasteiger charge is -2.33. The van der Waals surface area contributed by atoms with Gasteiger partial charge in [-0.05, 0) is 125 Å². The van der Waals surface area contributed by atoms with Crippen molar-refractivity contribution in [3.8, 4) is 45.5 Å². The van der Waals surface area contributed by atoms with Crippen LogP contribution >= 0.6 is 0 Å². The summed E-state index contributed by atoms with van der Waals surface area (Å²) in [5.74, 6) is 1.97. The molecule has 0 bridgehead atoms. The number of ether oxygens (including phenoxy) is 2. The van der Waals surface area contributed by atoms with Crippen molar-refractivity contribution in [1.29, 1.82) is 0 Å². The molecule has 4 aliphatic rings. The minimum Gasteiger partial charge on any atom is -0.457 e. The molecule has 4 aromatic carbocycles. The fraction of sp³-hybridized carbons (Fsp3) is 0.322. The number of amides is 2. The molecule has 2 saturated carbocycles. The second-order valence-corrected chi connectivity index (χ2v) is 20.6. The van der Waals surface area contributed by atoms with Crippen molar-refractivity contribution in [2.45, 2.75) is 69.1 Å². The topological polar surface area (TPSA) is 205 Å². The Morgan fingerprint density at radius 2 is 1.01 bits per heavy atom. The predicted octanol–water partition coefficient (Wildman–Crippen LogP) is 9.25. The Morgan fingerprint density at radius 3 is 1.41 bits per heavy atom. The zero-order valence-corrected chi connectivity index (χ0v) is 44.1. The van der Waals surface area contributed by atoms with Crippen molar-refractivity contribution in [2.24, 2.45) is 0 Å². The smallest absolute Gasteiger partial charge is 0.246 e. The number of halogens is 2. The van der Waals surface area contributed by atoms with Gasteiger partial charge in [0.15, 0.2) is 11.3 Å². The number of hydrogen-bond acceptors (Lipinski definition) is 14. The van der Waals surface area contributed by atoms with Crippen LogP contribution in [0.25, 0.3) is 44.6 Å². The van der Waals surface area contributed by atoms with Crippen molar-refractivity contribution >= 4 is 45.5 Å². The Morgan fingerprint density at radius 1 is 0.582 bits per heavy atom. The maximum absolute atomic E-state index is 13.5. The molecule has 406 valence electrons. The number of likely N-dealkylation sites (tertiary alicyclic amines) is 2. The molecule has 18 nitrogen and oxygen atoms in total. The third-order valence-corrected chi connectivity index (χ3v) is 15.2. The number of fused-ring (bicyclic) bond motifs is 2. The fourth-order valence-corrected chi connectivity index (χ4v) is 10.4. The molecule has 0 unspecified atom stereocenters. The Bertz CT molecular complexity index is 3540. The van der Waals surface area contributed by atoms with E-state index in [-0.39, 0.29) is 35.5 Å². The normalized spacial score (nSPS) is 17.6. The van der Waals surface area contributed by atoms with Crippen LogP contribution in [-0.4, -0.2) is 136 Å². The number of carbonyl (C=O) groups excluding carboxylic acids is 2. The van der Waals surface area contributed by atoms with Crippen LogP contribution in [0.1, 0.15) is 57.0 Å². The number of aromatic nitrogens is 8. The zero-order chi connectivity index (χ0) is 54.6. The van der Waals surface area contributed by atoms with Crippen LogP contribution < -0.4 is 20.9 Å². The van der Waals surface area contributed by atoms with E-state index >= 15 is 0 Å². The summed E-state index contributed by atoms with van der Waals surface area (Å²) in [5.41, 5.74) is 16.8. The van der Waals surface area contributed by atoms with Gasteiger partial charge in [0.25, 0.3) is 0 Å². The number of benzene rings is 4. The van der Waals surface area contributed by atoms with Gasteiger partial charge < -0.3 is 30.7 Å². The number of likely N-dealkylation sites (N-methyl/N-ethyl adjacent to an activating group) is 2. The molecule has 0 spiro atoms. The number of rotatable bonds is 16. The highest BCUT2D eigenvalue weighted by Crippen LogP contribution is 2.37. The molecule has 79 heavy (non-hydrogen) atoms. The first-order valence-electron chi connectivity index (χ1n) is 26.8. The lowest BCUT2D eigenvalue weighted by Crippen LogP contribution is -2.37. The van der Waals surface area contributed by atoms with E-state index < -0.39 is 0 Å². The summed E-state index contributed by atoms with van der Waals surface area (Å²) in [6.45, 7) is 3.95. The van der Waals surface area contributed by atoms with E-state index in [0.29, 0.717) is 106 Å². The Labute approximate surface area is 456 Å². The maximum atomic E-state index is 13.5. The minimum atomic E-state index is -0.360. The minimum absolute atomic E-state index is 0.0152. The predicted molar refractivity (Wildman–Crippen MR) is 298 cm³/mol. The Hall–Kier alpha value is -8.62. The number of anilines is 2. The molecular weight excluding hydrogens is 1010 g/mol. The first-order chi connectivity index (χ1) is 38.4. The summed E-state index contributed by atoms with van der Waals surface area (Å²) in [6, 6.07) is 28.0. The molecule has 2 amide bonds. The number of carbonyl (C=O) groups is 2. The van der Waals surface area contributed by atoms with Gasteiger partial charge in [-0.1, -0.05) is 30.7 Å². The summed E-state index contributed by atoms with van der Waals surface area (Å²) in [7, 11) is 4.21. The number of nitrogen functional groups attached to an aromatic ring is 2. The van der Waals surface area contributed by atoms with Crippen molar-refractivity contribution in [2.75, 3.05) is 64.8 Å². The number of hydrogen-bond donors (Lipinski definition) is 2. The average molecular weight is 1070 g/mol. The molecule has 2 aliphatic carbocycles. The molecule has 2 aliphatic heterocycles. The van der Waals surface area contributed by atoms with Gasteiger partial charge in [0, 0.05) is 86.8 Å². The third-order valence-electron chi connectivity index (χ3n) is 15.2. The van der Waals surface area contributed by atoms with Crippen molar-refractivity contribution in [1.82, 2.24) is 59.1 Å². The molecular formula is C59H62F2N14O4. The van der Waals surface area contributed by atoms with E-state index in [4.69, 9.17) is 31.1 Å². The Balaban J connectivity index is 0.000000167. The monoisotopic (exact) mass is 1070 g/mol. The summed E-state index contributed by atoms with van der Waals surface area (Å²) >= 11 is 0. The lowest BCUT2D eigenvalue weighted by molar-refractivity contribution is -0.125. The van der Waals surface area contributed by atoms with Gasteiger partial charge in [0.2, 0.25) is 11.8 Å². The molecule has 4 aromatic heterocycles. The quantitative estimate of drug-likeness (QED) is 0.0866. The molecule has 4 fully saturated rings. The second kappa shape index (κ2) is 23.1. The molecule has 2 atom stereocenters. The molecule has 2 saturated heterocycles. The highest BCUT2D eigenvalue weighted by Gasteiger charge is 2.32. The van der Waals surface area contributed by atoms with Gasteiger partial charge in [-0.2, -0.15) is 10.2 Å². The van der Waals surface area contributed by atoms with Crippen molar-refractivity contribution in [3.63, 3.8) is 0 Å². The third kappa shape index (κ3) is 11.9. The van der Waals surface area contributed by atoms with Gasteiger partial charge in [0.05, 0.1) is 22.9 Å². The number of nitrogens with zero attached hydrogens (tertiary/aromatic N) is 12. The largest absolute Gasteiger partial charge is 0.457 e. The molecule has 12 rings (SSSR count). The van der Waals surface area contributed by atoms with Crippen LogP contribution in [0.3, 0.4) is 0 Å². The number of nitrogens with two attached hydrogens (primary N) is 2. The fourth-order valence-electron chi connectivity index (χ4n) is 10.4. The van der Waals surface area contributed by atoms with Crippen LogP contribution in [0.15, 0.2) is 134 Å². The van der Waals surface area contributed by atoms with Crippen LogP contribution in [-0.2, 0) is 9.59 Å². The molecule has 8 aromatic rings. The van der Waals surface area contributed by atoms with Gasteiger partial charge in [-0.3, -0.25) is 19.4 Å². The summed E-state index contributed by atoms with van der Waals surface area (Å²) in [4.78, 5) is 51.4. The van der Waals surface area contributed by atoms with Gasteiger partial charge in [0.1, 0.15) is 70.3 Å². The van der Waals surface area contributed by atoms with E-state index in [9.17, 15) is 18.4 Å². The average Bonchev–Trinajstić information content (AvgIpc) is 3.82. The summed E-state index contributed by atoms with van der Waals surface area (Å²) in [5, 5.41) is 11.2. The Kier molecular flexibility index (Phi) is 15.4. The standard InChI is InChI=1S/C30H32FN7O2.C29H30FN7O2/c1-36(22-6-3-7-22)15-4-9-26(39)37-16-14-23(18-37)38-30-27(29(32)33-19-34-30)28(35-38)20-10-12-24(13-11-20)40-25-8-2-5-21(31)17-25;1-35(21-9-10-21)14-3-6-25(38)36-15-13-22(17-36)37-29-26(28(31)32-18-33-29)27(34-37)19-7-11-23(12-8-19)39-24-5-2-4-20(30)16-24/h2,4-5,8-13,17,19,22-23H,3,6-7,14-16,18H2,1H3,(H2,32,33,34);2-8,11-12,16,18,21-22H,9-10,13-15,17H2,1H3,(H2,31,32,33)/b9-4+;6-3+/t23-;22-/m11/s1. The van der Waals surface area contributed by atoms with Crippen LogP contribution in [0.2, 0.25) is 0 Å². The first-order valence-corrected chi connectivity index (χ1v) is 26.8. The second-order valence-electron chi connectivity index (χ2n) is 20.6. The summed E-state index contributed by atoms with van der Waals surface area (Å²) < 4.78 is 42.3. The van der Waals surface area contributed by atoms with E-state index in [0.717, 1.165) is 37.1 Å². The van der Waals surface area contributed by atoms with Crippen molar-refractivity contribution < 1.29 is 27.8 Å². The van der Waals surface area contributed by atoms with Crippen LogP contribution in [0.4, 0.5) is 20.4 Å². The van der Waals surface area contributed by atoms with Crippen molar-refractivity contribution in [3.05, 3.63) is 146 Å². The van der Waals surface area contributed by atoms with E-state index in [1.807, 2.05) is 55.6 Å². The molecule has 20 heteroatoms. The first kappa shape index (κ1) is 52.4. The van der Waals surface area contributed by atoms with E-state index in [1.54, 1.807) is 60.7 Å². The molecule has 4 N–H and O–H groups in total. The zero-order valence-electron chi connectivity index (χ0n) is 44.1. The van der Waals surface area contributed by atoms with E-state index in [1.165, 1.54) is 69.0 Å². The highest BCUT2D eigenvalue weighted by molar-refractivity contribution is 5.99. The SMILES string of the molecule is CN(C/C=C/C(=O)N1CC[C@@H](n2nc(-c3ccc(Oc4cccc(F)c4)cc3)c3c(N)ncnc32)C1)C1CC1.CN(C/C=C/C(=O)N1CC[C@@H](n2nc(-c3ccc(Oc4cccc(F)c4)cc3)c3c(N)ncnc32)C1)C1CCC1. The summed E-state index contributed by atoms with van der Waals surface area (Å²) in [6.07, 6.45) is 18.0. The molecule has 0 radical (unpaired) electrons. The van der Waals surface area contributed by atoms with Gasteiger partial charge in [-0.25, -0.2) is 38.1 Å². The van der Waals surface area contributed by atoms with Gasteiger partial charge in [-0.15, -0.1) is 0 Å². The van der Waals surface area contributed by atoms with Crippen LogP contribution in [0, 0.1) is 11.6 Å². The highest BCUT2D eigenvalue weighted by atomic mass is 19.1. The maximum Gasteiger partial charge on any atom is 0.246 e. The van der Waals surface area contributed by atoms with Crippen LogP contribution in [0.5, 0.6) is 23.0 Å². The lowest BCUT2D eigenvalue weighted by atomic mass is 9.92. The molecule has 6 heterocycles. The van der Waals surface area contributed by atoms with E-state index in [2.05, 4.69) is 43.8 Å².